The number of benzene rings is 1. The lowest BCUT2D eigenvalue weighted by atomic mass is 10.2. The Labute approximate surface area is 108 Å². The molecule has 1 N–H and O–H groups in total. The third-order valence-corrected chi connectivity index (χ3v) is 2.60. The van der Waals surface area contributed by atoms with Crippen molar-refractivity contribution in [2.75, 3.05) is 0 Å². The summed E-state index contributed by atoms with van der Waals surface area (Å²) in [6, 6.07) is 5.32. The van der Waals surface area contributed by atoms with Gasteiger partial charge in [0.25, 0.3) is 5.91 Å². The van der Waals surface area contributed by atoms with Crippen molar-refractivity contribution in [1.29, 1.82) is 0 Å². The number of halogens is 2. The van der Waals surface area contributed by atoms with Gasteiger partial charge in [-0.05, 0) is 25.1 Å². The van der Waals surface area contributed by atoms with Crippen LogP contribution in [0.3, 0.4) is 0 Å². The van der Waals surface area contributed by atoms with E-state index < -0.39 is 5.82 Å². The number of rotatable bonds is 3. The van der Waals surface area contributed by atoms with Crippen molar-refractivity contribution in [2.45, 2.75) is 13.5 Å². The first kappa shape index (κ1) is 12.6. The van der Waals surface area contributed by atoms with Gasteiger partial charge in [-0.1, -0.05) is 16.8 Å². The van der Waals surface area contributed by atoms with Gasteiger partial charge < -0.3 is 9.84 Å². The third-order valence-electron chi connectivity index (χ3n) is 2.28. The predicted octanol–water partition coefficient (Wildman–Crippen LogP) is 2.71. The molecule has 94 valence electrons. The summed E-state index contributed by atoms with van der Waals surface area (Å²) in [4.78, 5) is 11.8. The molecule has 2 aromatic rings. The fourth-order valence-corrected chi connectivity index (χ4v) is 1.69. The van der Waals surface area contributed by atoms with Gasteiger partial charge in [0, 0.05) is 6.07 Å². The Bertz CT molecular complexity index is 583. The van der Waals surface area contributed by atoms with E-state index in [1.807, 2.05) is 0 Å². The number of amides is 1. The molecule has 0 bridgehead atoms. The van der Waals surface area contributed by atoms with E-state index in [1.54, 1.807) is 13.0 Å². The quantitative estimate of drug-likeness (QED) is 0.931. The van der Waals surface area contributed by atoms with Crippen molar-refractivity contribution < 1.29 is 13.7 Å². The number of hydrogen-bond donors (Lipinski definition) is 1. The highest BCUT2D eigenvalue weighted by atomic mass is 35.5. The smallest absolute Gasteiger partial charge is 0.253 e. The molecule has 1 aromatic carbocycles. The Morgan fingerprint density at radius 2 is 2.28 bits per heavy atom. The average Bonchev–Trinajstić information content (AvgIpc) is 2.72. The second-order valence-corrected chi connectivity index (χ2v) is 4.14. The molecule has 0 aliphatic rings. The molecule has 0 aliphatic heterocycles. The lowest BCUT2D eigenvalue weighted by Gasteiger charge is -2.04. The van der Waals surface area contributed by atoms with Crippen molar-refractivity contribution in [1.82, 2.24) is 10.5 Å². The summed E-state index contributed by atoms with van der Waals surface area (Å²) in [6.45, 7) is 1.99. The minimum absolute atomic E-state index is 0.0730. The number of carbonyl (C=O) groups is 1. The van der Waals surface area contributed by atoms with E-state index in [1.165, 1.54) is 12.1 Å². The molecule has 0 radical (unpaired) electrons. The summed E-state index contributed by atoms with van der Waals surface area (Å²) in [5, 5.41) is 6.43. The SMILES string of the molecule is Cc1cc(CNC(=O)c2ccc(F)cc2Cl)no1. The van der Waals surface area contributed by atoms with Gasteiger partial charge >= 0.3 is 0 Å². The summed E-state index contributed by atoms with van der Waals surface area (Å²) < 4.78 is 17.7. The molecule has 4 nitrogen and oxygen atoms in total. The summed E-state index contributed by atoms with van der Waals surface area (Å²) in [6.07, 6.45) is 0. The molecule has 2 rings (SSSR count). The van der Waals surface area contributed by atoms with E-state index in [0.29, 0.717) is 11.5 Å². The Kier molecular flexibility index (Phi) is 3.62. The fraction of sp³-hybridized carbons (Fsp3) is 0.167. The van der Waals surface area contributed by atoms with Crippen LogP contribution in [0.25, 0.3) is 0 Å². The standard InChI is InChI=1S/C12H10ClFN2O2/c1-7-4-9(16-18-7)6-15-12(17)10-3-2-8(14)5-11(10)13/h2-5H,6H2,1H3,(H,15,17). The third kappa shape index (κ3) is 2.87. The van der Waals surface area contributed by atoms with E-state index in [-0.39, 0.29) is 23.0 Å². The number of hydrogen-bond acceptors (Lipinski definition) is 3. The molecule has 0 aliphatic carbocycles. The van der Waals surface area contributed by atoms with Crippen LogP contribution in [-0.2, 0) is 6.54 Å². The van der Waals surface area contributed by atoms with Crippen LogP contribution in [0.2, 0.25) is 5.02 Å². The van der Waals surface area contributed by atoms with E-state index in [4.69, 9.17) is 16.1 Å². The first-order chi connectivity index (χ1) is 8.56. The van der Waals surface area contributed by atoms with Gasteiger partial charge in [0.1, 0.15) is 17.3 Å². The van der Waals surface area contributed by atoms with Crippen LogP contribution >= 0.6 is 11.6 Å². The molecule has 1 heterocycles. The van der Waals surface area contributed by atoms with Crippen LogP contribution in [0.1, 0.15) is 21.8 Å². The Balaban J connectivity index is 2.03. The van der Waals surface area contributed by atoms with Crippen molar-refractivity contribution in [2.24, 2.45) is 0 Å². The predicted molar refractivity (Wildman–Crippen MR) is 63.8 cm³/mol. The van der Waals surface area contributed by atoms with Crippen molar-refractivity contribution >= 4 is 17.5 Å². The maximum absolute atomic E-state index is 12.8. The molecule has 18 heavy (non-hydrogen) atoms. The largest absolute Gasteiger partial charge is 0.361 e. The molecular weight excluding hydrogens is 259 g/mol. The van der Waals surface area contributed by atoms with Crippen LogP contribution in [-0.4, -0.2) is 11.1 Å². The maximum atomic E-state index is 12.8. The number of aryl methyl sites for hydroxylation is 1. The van der Waals surface area contributed by atoms with Gasteiger partial charge in [-0.3, -0.25) is 4.79 Å². The van der Waals surface area contributed by atoms with E-state index in [0.717, 1.165) is 6.07 Å². The van der Waals surface area contributed by atoms with E-state index in [2.05, 4.69) is 10.5 Å². The number of carbonyl (C=O) groups excluding carboxylic acids is 1. The van der Waals surface area contributed by atoms with Gasteiger partial charge in [0.05, 0.1) is 17.1 Å². The molecule has 1 amide bonds. The minimum atomic E-state index is -0.483. The minimum Gasteiger partial charge on any atom is -0.361 e. The topological polar surface area (TPSA) is 55.1 Å². The lowest BCUT2D eigenvalue weighted by molar-refractivity contribution is 0.0950. The van der Waals surface area contributed by atoms with Gasteiger partial charge in [0.2, 0.25) is 0 Å². The molecule has 0 unspecified atom stereocenters. The average molecular weight is 269 g/mol. The second-order valence-electron chi connectivity index (χ2n) is 3.74. The molecule has 0 saturated carbocycles. The fourth-order valence-electron chi connectivity index (χ4n) is 1.44. The maximum Gasteiger partial charge on any atom is 0.253 e. The highest BCUT2D eigenvalue weighted by Gasteiger charge is 2.11. The van der Waals surface area contributed by atoms with E-state index in [9.17, 15) is 9.18 Å². The monoisotopic (exact) mass is 268 g/mol. The molecule has 0 saturated heterocycles. The van der Waals surface area contributed by atoms with Gasteiger partial charge in [-0.25, -0.2) is 4.39 Å². The van der Waals surface area contributed by atoms with E-state index >= 15 is 0 Å². The normalized spacial score (nSPS) is 10.4. The van der Waals surface area contributed by atoms with Crippen molar-refractivity contribution in [3.63, 3.8) is 0 Å². The molecular formula is C12H10ClFN2O2. The zero-order chi connectivity index (χ0) is 13.1. The van der Waals surface area contributed by atoms with Gasteiger partial charge in [-0.2, -0.15) is 0 Å². The summed E-state index contributed by atoms with van der Waals surface area (Å²) in [5.41, 5.74) is 0.831. The summed E-state index contributed by atoms with van der Waals surface area (Å²) >= 11 is 5.78. The molecule has 1 aromatic heterocycles. The van der Waals surface area contributed by atoms with Crippen LogP contribution in [0, 0.1) is 12.7 Å². The molecule has 0 spiro atoms. The summed E-state index contributed by atoms with van der Waals surface area (Å²) in [5.74, 6) is -0.205. The first-order valence-corrected chi connectivity index (χ1v) is 5.59. The zero-order valence-corrected chi connectivity index (χ0v) is 10.3. The van der Waals surface area contributed by atoms with Crippen LogP contribution in [0.15, 0.2) is 28.8 Å². The number of nitrogens with zero attached hydrogens (tertiary/aromatic N) is 1. The highest BCUT2D eigenvalue weighted by Crippen LogP contribution is 2.17. The van der Waals surface area contributed by atoms with Crippen molar-refractivity contribution in [3.8, 4) is 0 Å². The van der Waals surface area contributed by atoms with Crippen LogP contribution in [0.5, 0.6) is 0 Å². The van der Waals surface area contributed by atoms with Crippen LogP contribution < -0.4 is 5.32 Å². The molecule has 6 heteroatoms. The Morgan fingerprint density at radius 1 is 1.50 bits per heavy atom. The lowest BCUT2D eigenvalue weighted by Crippen LogP contribution is -2.23. The second kappa shape index (κ2) is 5.18. The Morgan fingerprint density at radius 3 is 2.89 bits per heavy atom. The van der Waals surface area contributed by atoms with Gasteiger partial charge in [0.15, 0.2) is 0 Å². The zero-order valence-electron chi connectivity index (χ0n) is 9.54. The number of nitrogens with one attached hydrogen (secondary N) is 1. The highest BCUT2D eigenvalue weighted by molar-refractivity contribution is 6.33. The first-order valence-electron chi connectivity index (χ1n) is 5.21. The summed E-state index contributed by atoms with van der Waals surface area (Å²) in [7, 11) is 0. The Hall–Kier alpha value is -1.88. The molecule has 0 atom stereocenters. The van der Waals surface area contributed by atoms with Crippen LogP contribution in [0.4, 0.5) is 4.39 Å². The van der Waals surface area contributed by atoms with Crippen molar-refractivity contribution in [3.05, 3.63) is 52.1 Å². The number of aromatic nitrogens is 1. The molecule has 0 fully saturated rings. The van der Waals surface area contributed by atoms with Gasteiger partial charge in [-0.15, -0.1) is 0 Å².